The van der Waals surface area contributed by atoms with E-state index in [1.54, 1.807) is 6.20 Å². The number of rotatable bonds is 7. The molecule has 0 atom stereocenters. The lowest BCUT2D eigenvalue weighted by molar-refractivity contribution is -0.138. The molecule has 0 radical (unpaired) electrons. The van der Waals surface area contributed by atoms with Crippen LogP contribution in [-0.2, 0) is 25.8 Å². The molecule has 2 N–H and O–H groups in total. The van der Waals surface area contributed by atoms with Crippen molar-refractivity contribution in [3.8, 4) is 11.1 Å². The first-order valence-electron chi connectivity index (χ1n) is 13.5. The summed E-state index contributed by atoms with van der Waals surface area (Å²) in [5.41, 5.74) is 4.51. The minimum atomic E-state index is -4.46. The normalized spacial score (nSPS) is 13.2. The number of fused-ring (bicyclic) bond motifs is 2. The van der Waals surface area contributed by atoms with Crippen molar-refractivity contribution < 1.29 is 13.2 Å². The topological polar surface area (TPSA) is 40.2 Å². The van der Waals surface area contributed by atoms with Gasteiger partial charge in [-0.3, -0.25) is 0 Å². The van der Waals surface area contributed by atoms with Crippen LogP contribution in [0, 0.1) is 0 Å². The number of halogens is 4. The van der Waals surface area contributed by atoms with Crippen molar-refractivity contribution in [2.45, 2.75) is 25.8 Å². The summed E-state index contributed by atoms with van der Waals surface area (Å²) in [6.07, 6.45) is -2.66. The zero-order chi connectivity index (χ0) is 28.4. The SMILES string of the molecule is FC(F)(F)c1ccc(Cl)cc1CN1CCNc2ncc(-c3cccc(CNCc4cccc5ccccc45)c3)cc21. The van der Waals surface area contributed by atoms with E-state index in [0.717, 1.165) is 35.0 Å². The highest BCUT2D eigenvalue weighted by molar-refractivity contribution is 6.30. The average molecular weight is 573 g/mol. The summed E-state index contributed by atoms with van der Waals surface area (Å²) in [6, 6.07) is 28.7. The van der Waals surface area contributed by atoms with E-state index in [4.69, 9.17) is 11.6 Å². The second-order valence-corrected chi connectivity index (χ2v) is 10.6. The van der Waals surface area contributed by atoms with Crippen molar-refractivity contribution in [2.75, 3.05) is 23.3 Å². The molecule has 6 rings (SSSR count). The van der Waals surface area contributed by atoms with Gasteiger partial charge in [0.05, 0.1) is 11.3 Å². The molecular formula is C33H28ClF3N4. The van der Waals surface area contributed by atoms with E-state index in [9.17, 15) is 13.2 Å². The van der Waals surface area contributed by atoms with Crippen LogP contribution < -0.4 is 15.5 Å². The van der Waals surface area contributed by atoms with Gasteiger partial charge in [-0.25, -0.2) is 4.98 Å². The van der Waals surface area contributed by atoms with Gasteiger partial charge in [-0.15, -0.1) is 0 Å². The molecule has 0 aliphatic carbocycles. The molecule has 1 aromatic heterocycles. The lowest BCUT2D eigenvalue weighted by atomic mass is 10.0. The molecule has 0 saturated heterocycles. The van der Waals surface area contributed by atoms with Gasteiger partial charge in [0.25, 0.3) is 0 Å². The van der Waals surface area contributed by atoms with Gasteiger partial charge in [-0.1, -0.05) is 72.3 Å². The number of anilines is 2. The first-order valence-corrected chi connectivity index (χ1v) is 13.8. The van der Waals surface area contributed by atoms with Crippen molar-refractivity contribution >= 4 is 33.9 Å². The Morgan fingerprint density at radius 3 is 2.56 bits per heavy atom. The summed E-state index contributed by atoms with van der Waals surface area (Å²) in [4.78, 5) is 6.55. The van der Waals surface area contributed by atoms with Crippen molar-refractivity contribution in [2.24, 2.45) is 0 Å². The number of alkyl halides is 3. The van der Waals surface area contributed by atoms with Gasteiger partial charge in [-0.05, 0) is 63.4 Å². The highest BCUT2D eigenvalue weighted by Crippen LogP contribution is 2.37. The summed E-state index contributed by atoms with van der Waals surface area (Å²) in [7, 11) is 0. The maximum Gasteiger partial charge on any atom is 0.416 e. The molecule has 0 bridgehead atoms. The predicted octanol–water partition coefficient (Wildman–Crippen LogP) is 8.30. The summed E-state index contributed by atoms with van der Waals surface area (Å²) in [5.74, 6) is 0.656. The molecule has 1 aliphatic heterocycles. The average Bonchev–Trinajstić information content (AvgIpc) is 2.97. The fourth-order valence-electron chi connectivity index (χ4n) is 5.41. The molecule has 5 aromatic rings. The Morgan fingerprint density at radius 2 is 1.68 bits per heavy atom. The van der Waals surface area contributed by atoms with Crippen LogP contribution in [0.4, 0.5) is 24.7 Å². The largest absolute Gasteiger partial charge is 0.416 e. The van der Waals surface area contributed by atoms with Crippen LogP contribution in [-0.4, -0.2) is 18.1 Å². The molecule has 1 aliphatic rings. The van der Waals surface area contributed by atoms with E-state index < -0.39 is 11.7 Å². The molecule has 208 valence electrons. The van der Waals surface area contributed by atoms with Crippen LogP contribution in [0.3, 0.4) is 0 Å². The molecule has 2 heterocycles. The zero-order valence-electron chi connectivity index (χ0n) is 22.2. The molecule has 4 aromatic carbocycles. The van der Waals surface area contributed by atoms with E-state index in [0.29, 0.717) is 25.5 Å². The van der Waals surface area contributed by atoms with Gasteiger partial charge in [0.15, 0.2) is 0 Å². The van der Waals surface area contributed by atoms with Crippen molar-refractivity contribution in [3.05, 3.63) is 124 Å². The van der Waals surface area contributed by atoms with E-state index in [-0.39, 0.29) is 17.1 Å². The lowest BCUT2D eigenvalue weighted by Crippen LogP contribution is -2.34. The van der Waals surface area contributed by atoms with E-state index in [1.165, 1.54) is 28.5 Å². The summed E-state index contributed by atoms with van der Waals surface area (Å²) >= 11 is 6.09. The van der Waals surface area contributed by atoms with Gasteiger partial charge < -0.3 is 15.5 Å². The van der Waals surface area contributed by atoms with Crippen LogP contribution in [0.1, 0.15) is 22.3 Å². The molecule has 4 nitrogen and oxygen atoms in total. The smallest absolute Gasteiger partial charge is 0.367 e. The van der Waals surface area contributed by atoms with E-state index in [1.807, 2.05) is 29.2 Å². The number of nitrogens with zero attached hydrogens (tertiary/aromatic N) is 2. The Kier molecular flexibility index (Phi) is 7.56. The number of pyridine rings is 1. The highest BCUT2D eigenvalue weighted by Gasteiger charge is 2.34. The Balaban J connectivity index is 1.21. The number of benzene rings is 4. The van der Waals surface area contributed by atoms with Crippen molar-refractivity contribution in [1.82, 2.24) is 10.3 Å². The van der Waals surface area contributed by atoms with Crippen LogP contribution in [0.15, 0.2) is 97.2 Å². The standard InChI is InChI=1S/C33H28ClF3N4/c34-28-11-12-30(33(35,36)37)27(16-28)21-41-14-13-39-32-31(41)17-26(20-40-32)24-8-3-5-22(15-24)18-38-19-25-9-4-7-23-6-1-2-10-29(23)25/h1-12,15-17,20,38H,13-14,18-19,21H2,(H,39,40). The molecule has 8 heteroatoms. The highest BCUT2D eigenvalue weighted by atomic mass is 35.5. The number of hydrogen-bond donors (Lipinski definition) is 2. The Labute approximate surface area is 241 Å². The Morgan fingerprint density at radius 1 is 0.854 bits per heavy atom. The van der Waals surface area contributed by atoms with Gasteiger partial charge in [-0.2, -0.15) is 13.2 Å². The second-order valence-electron chi connectivity index (χ2n) is 10.2. The molecule has 0 fully saturated rings. The van der Waals surface area contributed by atoms with Crippen LogP contribution in [0.5, 0.6) is 0 Å². The molecular weight excluding hydrogens is 545 g/mol. The summed E-state index contributed by atoms with van der Waals surface area (Å²) in [5, 5.41) is 9.58. The monoisotopic (exact) mass is 572 g/mol. The minimum absolute atomic E-state index is 0.0767. The second kappa shape index (κ2) is 11.4. The van der Waals surface area contributed by atoms with E-state index >= 15 is 0 Å². The maximum absolute atomic E-state index is 13.7. The summed E-state index contributed by atoms with van der Waals surface area (Å²) < 4.78 is 41.1. The van der Waals surface area contributed by atoms with E-state index in [2.05, 4.69) is 64.1 Å². The third-order valence-electron chi connectivity index (χ3n) is 7.40. The first kappa shape index (κ1) is 27.1. The molecule has 0 spiro atoms. The molecule has 0 amide bonds. The maximum atomic E-state index is 13.7. The molecule has 41 heavy (non-hydrogen) atoms. The molecule has 0 saturated carbocycles. The van der Waals surface area contributed by atoms with Crippen LogP contribution >= 0.6 is 11.6 Å². The van der Waals surface area contributed by atoms with Gasteiger partial charge in [0, 0.05) is 49.5 Å². The number of nitrogens with one attached hydrogen (secondary N) is 2. The van der Waals surface area contributed by atoms with Crippen molar-refractivity contribution in [1.29, 1.82) is 0 Å². The zero-order valence-corrected chi connectivity index (χ0v) is 22.9. The third-order valence-corrected chi connectivity index (χ3v) is 7.64. The third kappa shape index (κ3) is 6.01. The lowest BCUT2D eigenvalue weighted by Gasteiger charge is -2.32. The minimum Gasteiger partial charge on any atom is -0.367 e. The fourth-order valence-corrected chi connectivity index (χ4v) is 5.60. The number of hydrogen-bond acceptors (Lipinski definition) is 4. The van der Waals surface area contributed by atoms with Gasteiger partial charge >= 0.3 is 6.18 Å². The van der Waals surface area contributed by atoms with Crippen LogP contribution in [0.25, 0.3) is 21.9 Å². The first-order chi connectivity index (χ1) is 19.8. The Bertz CT molecular complexity index is 1700. The quantitative estimate of drug-likeness (QED) is 0.206. The summed E-state index contributed by atoms with van der Waals surface area (Å²) in [6.45, 7) is 2.64. The van der Waals surface area contributed by atoms with Crippen LogP contribution in [0.2, 0.25) is 5.02 Å². The number of aromatic nitrogens is 1. The van der Waals surface area contributed by atoms with Gasteiger partial charge in [0.1, 0.15) is 5.82 Å². The van der Waals surface area contributed by atoms with Crippen molar-refractivity contribution in [3.63, 3.8) is 0 Å². The predicted molar refractivity (Wildman–Crippen MR) is 160 cm³/mol. The Hall–Kier alpha value is -4.07. The van der Waals surface area contributed by atoms with Gasteiger partial charge in [0.2, 0.25) is 0 Å². The molecule has 0 unspecified atom stereocenters. The fraction of sp³-hybridized carbons (Fsp3) is 0.182.